The third-order valence-electron chi connectivity index (χ3n) is 2.69. The molecule has 5 heteroatoms. The first-order valence-electron chi connectivity index (χ1n) is 5.92. The zero-order valence-electron chi connectivity index (χ0n) is 10.2. The van der Waals surface area contributed by atoms with Crippen molar-refractivity contribution in [1.82, 2.24) is 15.2 Å². The number of hydrogen-bond donors (Lipinski definition) is 1. The molecular formula is C14H12N4O. The SMILES string of the molecule is c1ccc(CNc2ccc(-c3nnco3)cc2)nc1. The molecule has 0 saturated carbocycles. The van der Waals surface area contributed by atoms with E-state index in [1.165, 1.54) is 6.39 Å². The molecule has 3 rings (SSSR count). The molecule has 0 aliphatic heterocycles. The highest BCUT2D eigenvalue weighted by atomic mass is 16.4. The summed E-state index contributed by atoms with van der Waals surface area (Å²) in [6.07, 6.45) is 3.11. The Morgan fingerprint density at radius 1 is 1.05 bits per heavy atom. The number of hydrogen-bond acceptors (Lipinski definition) is 5. The maximum absolute atomic E-state index is 5.14. The Morgan fingerprint density at radius 3 is 2.63 bits per heavy atom. The largest absolute Gasteiger partial charge is 0.423 e. The van der Waals surface area contributed by atoms with Crippen molar-refractivity contribution >= 4 is 5.69 Å². The van der Waals surface area contributed by atoms with Crippen LogP contribution in [0.2, 0.25) is 0 Å². The van der Waals surface area contributed by atoms with Crippen molar-refractivity contribution < 1.29 is 4.42 Å². The van der Waals surface area contributed by atoms with Gasteiger partial charge in [-0.15, -0.1) is 10.2 Å². The average Bonchev–Trinajstić information content (AvgIpc) is 3.01. The first-order valence-corrected chi connectivity index (χ1v) is 5.92. The predicted octanol–water partition coefficient (Wildman–Crippen LogP) is 2.74. The van der Waals surface area contributed by atoms with E-state index in [4.69, 9.17) is 4.42 Å². The minimum absolute atomic E-state index is 0.524. The summed E-state index contributed by atoms with van der Waals surface area (Å²) in [5.41, 5.74) is 2.93. The lowest BCUT2D eigenvalue weighted by Crippen LogP contribution is -2.00. The van der Waals surface area contributed by atoms with Crippen LogP contribution in [-0.4, -0.2) is 15.2 Å². The first kappa shape index (κ1) is 11.4. The molecule has 0 radical (unpaired) electrons. The van der Waals surface area contributed by atoms with Gasteiger partial charge in [-0.05, 0) is 36.4 Å². The second-order valence-corrected chi connectivity index (χ2v) is 4.00. The molecule has 0 fully saturated rings. The van der Waals surface area contributed by atoms with Crippen LogP contribution < -0.4 is 5.32 Å². The molecule has 1 aromatic carbocycles. The molecule has 0 aliphatic rings. The molecule has 0 atom stereocenters. The summed E-state index contributed by atoms with van der Waals surface area (Å²) in [7, 11) is 0. The Labute approximate surface area is 110 Å². The summed E-state index contributed by atoms with van der Waals surface area (Å²) in [6, 6.07) is 13.7. The molecule has 0 bridgehead atoms. The van der Waals surface area contributed by atoms with Crippen LogP contribution in [0, 0.1) is 0 Å². The molecular weight excluding hydrogens is 240 g/mol. The van der Waals surface area contributed by atoms with Crippen molar-refractivity contribution in [3.8, 4) is 11.5 Å². The highest BCUT2D eigenvalue weighted by Crippen LogP contribution is 2.19. The number of aromatic nitrogens is 3. The van der Waals surface area contributed by atoms with Crippen molar-refractivity contribution in [3.05, 3.63) is 60.7 Å². The van der Waals surface area contributed by atoms with E-state index in [-0.39, 0.29) is 0 Å². The summed E-state index contributed by atoms with van der Waals surface area (Å²) < 4.78 is 5.14. The van der Waals surface area contributed by atoms with Gasteiger partial charge in [-0.1, -0.05) is 6.07 Å². The molecule has 0 saturated heterocycles. The van der Waals surface area contributed by atoms with Crippen molar-refractivity contribution in [3.63, 3.8) is 0 Å². The normalized spacial score (nSPS) is 10.3. The fourth-order valence-corrected chi connectivity index (χ4v) is 1.72. The van der Waals surface area contributed by atoms with Gasteiger partial charge in [0.05, 0.1) is 12.2 Å². The van der Waals surface area contributed by atoms with Crippen molar-refractivity contribution in [2.75, 3.05) is 5.32 Å². The van der Waals surface area contributed by atoms with E-state index in [1.807, 2.05) is 42.5 Å². The Kier molecular flexibility index (Phi) is 3.18. The quantitative estimate of drug-likeness (QED) is 0.773. The van der Waals surface area contributed by atoms with Crippen LogP contribution in [0.3, 0.4) is 0 Å². The highest BCUT2D eigenvalue weighted by Gasteiger charge is 2.02. The van der Waals surface area contributed by atoms with Gasteiger partial charge in [0.2, 0.25) is 12.3 Å². The smallest absolute Gasteiger partial charge is 0.247 e. The number of nitrogens with one attached hydrogen (secondary N) is 1. The standard InChI is InChI=1S/C14H12N4O/c1-2-8-15-13(3-1)9-16-12-6-4-11(5-7-12)14-18-17-10-19-14/h1-8,10,16H,9H2. The fourth-order valence-electron chi connectivity index (χ4n) is 1.72. The van der Waals surface area contributed by atoms with Gasteiger partial charge in [-0.3, -0.25) is 4.98 Å². The molecule has 0 aliphatic carbocycles. The zero-order valence-corrected chi connectivity index (χ0v) is 10.2. The van der Waals surface area contributed by atoms with Gasteiger partial charge in [0.15, 0.2) is 0 Å². The average molecular weight is 252 g/mol. The van der Waals surface area contributed by atoms with Gasteiger partial charge < -0.3 is 9.73 Å². The van der Waals surface area contributed by atoms with Crippen molar-refractivity contribution in [2.24, 2.45) is 0 Å². The van der Waals surface area contributed by atoms with E-state index in [0.29, 0.717) is 12.4 Å². The van der Waals surface area contributed by atoms with E-state index >= 15 is 0 Å². The summed E-state index contributed by atoms with van der Waals surface area (Å²) in [6.45, 7) is 0.695. The minimum Gasteiger partial charge on any atom is -0.423 e. The number of benzene rings is 1. The lowest BCUT2D eigenvalue weighted by molar-refractivity contribution is 0.568. The number of nitrogens with zero attached hydrogens (tertiary/aromatic N) is 3. The predicted molar refractivity (Wildman–Crippen MR) is 71.3 cm³/mol. The van der Waals surface area contributed by atoms with Crippen molar-refractivity contribution in [1.29, 1.82) is 0 Å². The molecule has 0 unspecified atom stereocenters. The summed E-state index contributed by atoms with van der Waals surface area (Å²) in [5, 5.41) is 10.8. The first-order chi connectivity index (χ1) is 9.42. The number of pyridine rings is 1. The topological polar surface area (TPSA) is 63.8 Å². The maximum atomic E-state index is 5.14. The van der Waals surface area contributed by atoms with Gasteiger partial charge in [-0.25, -0.2) is 0 Å². The Morgan fingerprint density at radius 2 is 1.95 bits per heavy atom. The molecule has 5 nitrogen and oxygen atoms in total. The molecule has 3 aromatic rings. The summed E-state index contributed by atoms with van der Waals surface area (Å²) >= 11 is 0. The molecule has 1 N–H and O–H groups in total. The van der Waals surface area contributed by atoms with Crippen LogP contribution in [0.1, 0.15) is 5.69 Å². The van der Waals surface area contributed by atoms with Crippen LogP contribution >= 0.6 is 0 Å². The van der Waals surface area contributed by atoms with E-state index in [9.17, 15) is 0 Å². The van der Waals surface area contributed by atoms with Gasteiger partial charge in [0.25, 0.3) is 0 Å². The summed E-state index contributed by atoms with van der Waals surface area (Å²) in [5.74, 6) is 0.524. The molecule has 0 spiro atoms. The van der Waals surface area contributed by atoms with Crippen LogP contribution in [0.5, 0.6) is 0 Å². The lowest BCUT2D eigenvalue weighted by atomic mass is 10.2. The van der Waals surface area contributed by atoms with Crippen LogP contribution in [-0.2, 0) is 6.54 Å². The number of rotatable bonds is 4. The molecule has 19 heavy (non-hydrogen) atoms. The van der Waals surface area contributed by atoms with Crippen LogP contribution in [0.25, 0.3) is 11.5 Å². The van der Waals surface area contributed by atoms with Crippen molar-refractivity contribution in [2.45, 2.75) is 6.54 Å². The monoisotopic (exact) mass is 252 g/mol. The second kappa shape index (κ2) is 5.30. The Bertz CT molecular complexity index is 620. The van der Waals surface area contributed by atoms with E-state index in [0.717, 1.165) is 16.9 Å². The number of anilines is 1. The van der Waals surface area contributed by atoms with Crippen LogP contribution in [0.4, 0.5) is 5.69 Å². The maximum Gasteiger partial charge on any atom is 0.247 e. The van der Waals surface area contributed by atoms with E-state index in [2.05, 4.69) is 20.5 Å². The Balaban J connectivity index is 1.67. The van der Waals surface area contributed by atoms with Gasteiger partial charge in [0.1, 0.15) is 0 Å². The minimum atomic E-state index is 0.524. The van der Waals surface area contributed by atoms with Crippen LogP contribution in [0.15, 0.2) is 59.5 Å². The zero-order chi connectivity index (χ0) is 12.9. The molecule has 2 aromatic heterocycles. The molecule has 94 valence electrons. The van der Waals surface area contributed by atoms with Gasteiger partial charge in [0, 0.05) is 17.4 Å². The lowest BCUT2D eigenvalue weighted by Gasteiger charge is -2.06. The highest BCUT2D eigenvalue weighted by molar-refractivity contribution is 5.58. The van der Waals surface area contributed by atoms with Gasteiger partial charge >= 0.3 is 0 Å². The third kappa shape index (κ3) is 2.77. The third-order valence-corrected chi connectivity index (χ3v) is 2.69. The second-order valence-electron chi connectivity index (χ2n) is 4.00. The fraction of sp³-hybridized carbons (Fsp3) is 0.0714. The Hall–Kier alpha value is -2.69. The van der Waals surface area contributed by atoms with E-state index in [1.54, 1.807) is 6.20 Å². The summed E-state index contributed by atoms with van der Waals surface area (Å²) in [4.78, 5) is 4.26. The molecule has 2 heterocycles. The molecule has 0 amide bonds. The van der Waals surface area contributed by atoms with Gasteiger partial charge in [-0.2, -0.15) is 0 Å². The van der Waals surface area contributed by atoms with E-state index < -0.39 is 0 Å².